The summed E-state index contributed by atoms with van der Waals surface area (Å²) < 4.78 is 6.22. The van der Waals surface area contributed by atoms with E-state index in [2.05, 4.69) is 48.1 Å². The molecule has 0 fully saturated rings. The minimum absolute atomic E-state index is 0.388. The van der Waals surface area contributed by atoms with Gasteiger partial charge >= 0.3 is 5.97 Å². The molecule has 2 unspecified atom stereocenters. The zero-order chi connectivity index (χ0) is 27.6. The molecule has 0 spiro atoms. The molecule has 0 amide bonds. The molecule has 0 saturated heterocycles. The van der Waals surface area contributed by atoms with Gasteiger partial charge in [0, 0.05) is 43.9 Å². The number of aromatic nitrogens is 1. The average Bonchev–Trinajstić information content (AvgIpc) is 2.99. The lowest BCUT2D eigenvalue weighted by Gasteiger charge is -2.30. The molecule has 2 aromatic carbocycles. The van der Waals surface area contributed by atoms with Crippen LogP contribution in [0.3, 0.4) is 0 Å². The van der Waals surface area contributed by atoms with E-state index in [-0.39, 0.29) is 0 Å². The molecule has 1 aliphatic rings. The number of benzene rings is 2. The van der Waals surface area contributed by atoms with Gasteiger partial charge in [0.05, 0.1) is 22.3 Å². The number of hydrogen-bond acceptors (Lipinski definition) is 6. The Morgan fingerprint density at radius 3 is 2.76 bits per heavy atom. The van der Waals surface area contributed by atoms with Crippen molar-refractivity contribution in [2.24, 2.45) is 5.92 Å². The number of halogens is 1. The monoisotopic (exact) mass is 536 g/mol. The van der Waals surface area contributed by atoms with Gasteiger partial charge < -0.3 is 20.9 Å². The van der Waals surface area contributed by atoms with E-state index >= 15 is 0 Å². The molecule has 7 nitrogen and oxygen atoms in total. The van der Waals surface area contributed by atoms with Crippen LogP contribution >= 0.6 is 11.6 Å². The van der Waals surface area contributed by atoms with Crippen molar-refractivity contribution in [3.63, 3.8) is 0 Å². The topological polar surface area (TPSA) is 101 Å². The van der Waals surface area contributed by atoms with Crippen LogP contribution in [0.5, 0.6) is 5.88 Å². The Kier molecular flexibility index (Phi) is 8.19. The zero-order valence-electron chi connectivity index (χ0n) is 22.7. The third-order valence-electron chi connectivity index (χ3n) is 7.15. The van der Waals surface area contributed by atoms with Gasteiger partial charge in [-0.3, -0.25) is 9.69 Å². The lowest BCUT2D eigenvalue weighted by atomic mass is 9.80. The van der Waals surface area contributed by atoms with Crippen molar-refractivity contribution in [2.45, 2.75) is 59.2 Å². The predicted molar refractivity (Wildman–Crippen MR) is 153 cm³/mol. The van der Waals surface area contributed by atoms with Crippen molar-refractivity contribution in [3.05, 3.63) is 81.5 Å². The van der Waals surface area contributed by atoms with Gasteiger partial charge in [0.2, 0.25) is 5.88 Å². The number of carbonyl (C=O) groups is 1. The van der Waals surface area contributed by atoms with E-state index in [1.54, 1.807) is 13.1 Å². The highest BCUT2D eigenvalue weighted by atomic mass is 35.5. The van der Waals surface area contributed by atoms with Crippen molar-refractivity contribution >= 4 is 28.9 Å². The maximum absolute atomic E-state index is 12.2. The molecule has 8 heteroatoms. The van der Waals surface area contributed by atoms with Gasteiger partial charge in [-0.25, -0.2) is 4.98 Å². The molecule has 2 heterocycles. The number of nitrogens with two attached hydrogens (primary N) is 1. The second-order valence-electron chi connectivity index (χ2n) is 10.7. The lowest BCUT2D eigenvalue weighted by Crippen LogP contribution is -2.40. The van der Waals surface area contributed by atoms with E-state index in [1.165, 1.54) is 0 Å². The third-order valence-corrected chi connectivity index (χ3v) is 7.57. The first kappa shape index (κ1) is 27.7. The first-order valence-corrected chi connectivity index (χ1v) is 13.4. The summed E-state index contributed by atoms with van der Waals surface area (Å²) in [6.45, 7) is 12.7. The summed E-state index contributed by atoms with van der Waals surface area (Å²) in [4.78, 5) is 19.0. The number of rotatable bonds is 8. The van der Waals surface area contributed by atoms with Crippen LogP contribution in [0.2, 0.25) is 5.02 Å². The van der Waals surface area contributed by atoms with Crippen molar-refractivity contribution in [1.29, 1.82) is 0 Å². The molecule has 4 N–H and O–H groups in total. The van der Waals surface area contributed by atoms with Gasteiger partial charge in [-0.05, 0) is 62.1 Å². The fourth-order valence-electron chi connectivity index (χ4n) is 5.25. The molecule has 0 aliphatic carbocycles. The van der Waals surface area contributed by atoms with Crippen molar-refractivity contribution < 1.29 is 14.6 Å². The minimum Gasteiger partial charge on any atom is -0.481 e. The summed E-state index contributed by atoms with van der Waals surface area (Å²) >= 11 is 6.77. The maximum Gasteiger partial charge on any atom is 0.307 e. The zero-order valence-corrected chi connectivity index (χ0v) is 23.5. The number of ether oxygens (including phenoxy) is 1. The fraction of sp³-hybridized carbons (Fsp3) is 0.400. The predicted octanol–water partition coefficient (Wildman–Crippen LogP) is 6.08. The number of nitrogen functional groups attached to an aromatic ring is 1. The Bertz CT molecular complexity index is 1330. The van der Waals surface area contributed by atoms with Crippen LogP contribution in [0.4, 0.5) is 11.4 Å². The maximum atomic E-state index is 12.2. The van der Waals surface area contributed by atoms with E-state index in [0.29, 0.717) is 41.8 Å². The van der Waals surface area contributed by atoms with Crippen molar-refractivity contribution in [3.8, 4) is 5.88 Å². The molecular formula is C30H37ClN4O3. The summed E-state index contributed by atoms with van der Waals surface area (Å²) in [7, 11) is 0. The Morgan fingerprint density at radius 1 is 1.29 bits per heavy atom. The number of hydrogen-bond donors (Lipinski definition) is 3. The molecular weight excluding hydrogens is 500 g/mol. The van der Waals surface area contributed by atoms with Crippen LogP contribution < -0.4 is 15.8 Å². The Hall–Kier alpha value is -3.29. The Labute approximate surface area is 230 Å². The van der Waals surface area contributed by atoms with Gasteiger partial charge in [-0.1, -0.05) is 48.9 Å². The number of carboxylic acids is 1. The summed E-state index contributed by atoms with van der Waals surface area (Å²) in [5.41, 5.74) is 12.0. The number of pyridine rings is 1. The van der Waals surface area contributed by atoms with Crippen LogP contribution in [-0.2, 0) is 17.9 Å². The number of nitrogens with zero attached hydrogens (tertiary/aromatic N) is 2. The molecule has 0 bridgehead atoms. The van der Waals surface area contributed by atoms with Crippen LogP contribution in [-0.4, -0.2) is 39.7 Å². The molecule has 3 aromatic rings. The standard InChI is InChI=1S/C30H37ClN4O3/c1-6-33-24-12-11-23(26(31)27(24)32)25(19(3)29(36)37)20-10-9-18(2)22(14-20)16-35-15-21-8-7-13-34-28(21)38-30(4,5)17-35/h7-14,19,25,33H,6,15-17,32H2,1-5H3,(H,36,37). The van der Waals surface area contributed by atoms with Crippen molar-refractivity contribution in [2.75, 3.05) is 24.1 Å². The first-order chi connectivity index (χ1) is 18.0. The highest BCUT2D eigenvalue weighted by molar-refractivity contribution is 6.34. The normalized spacial score (nSPS) is 16.6. The van der Waals surface area contributed by atoms with Crippen molar-refractivity contribution in [1.82, 2.24) is 9.88 Å². The highest BCUT2D eigenvalue weighted by Crippen LogP contribution is 2.42. The van der Waals surface area contributed by atoms with E-state index in [1.807, 2.05) is 37.3 Å². The van der Waals surface area contributed by atoms with Crippen LogP contribution in [0.15, 0.2) is 48.7 Å². The second-order valence-corrected chi connectivity index (χ2v) is 11.1. The Balaban J connectivity index is 1.73. The average molecular weight is 537 g/mol. The van der Waals surface area contributed by atoms with Gasteiger partial charge in [0.1, 0.15) is 5.60 Å². The smallest absolute Gasteiger partial charge is 0.307 e. The van der Waals surface area contributed by atoms with Crippen LogP contribution in [0.1, 0.15) is 61.4 Å². The van der Waals surface area contributed by atoms with E-state index < -0.39 is 23.4 Å². The number of fused-ring (bicyclic) bond motifs is 1. The third kappa shape index (κ3) is 5.89. The largest absolute Gasteiger partial charge is 0.481 e. The molecule has 0 radical (unpaired) electrons. The summed E-state index contributed by atoms with van der Waals surface area (Å²) in [5.74, 6) is -1.39. The number of nitrogens with one attached hydrogen (secondary N) is 1. The van der Waals surface area contributed by atoms with Gasteiger partial charge in [0.25, 0.3) is 0 Å². The molecule has 38 heavy (non-hydrogen) atoms. The first-order valence-electron chi connectivity index (χ1n) is 13.0. The fourth-order valence-corrected chi connectivity index (χ4v) is 5.53. The second kappa shape index (κ2) is 11.2. The van der Waals surface area contributed by atoms with Gasteiger partial charge in [0.15, 0.2) is 0 Å². The van der Waals surface area contributed by atoms with E-state index in [4.69, 9.17) is 22.1 Å². The summed E-state index contributed by atoms with van der Waals surface area (Å²) in [6.07, 6.45) is 1.75. The van der Waals surface area contributed by atoms with Crippen LogP contribution in [0.25, 0.3) is 0 Å². The highest BCUT2D eigenvalue weighted by Gasteiger charge is 2.32. The van der Waals surface area contributed by atoms with Crippen LogP contribution in [0, 0.1) is 12.8 Å². The minimum atomic E-state index is -0.891. The SMILES string of the molecule is CCNc1ccc(C(c2ccc(C)c(CN3Cc4cccnc4OC(C)(C)C3)c2)C(C)C(=O)O)c(Cl)c1N. The molecule has 4 rings (SSSR count). The number of carboxylic acid groups (broad SMARTS) is 1. The number of anilines is 2. The lowest BCUT2D eigenvalue weighted by molar-refractivity contribution is -0.141. The quantitative estimate of drug-likeness (QED) is 0.300. The molecule has 2 atom stereocenters. The Morgan fingerprint density at radius 2 is 2.05 bits per heavy atom. The number of aryl methyl sites for hydroxylation is 1. The van der Waals surface area contributed by atoms with Gasteiger partial charge in [-0.15, -0.1) is 0 Å². The molecule has 202 valence electrons. The van der Waals surface area contributed by atoms with E-state index in [0.717, 1.165) is 34.5 Å². The summed E-state index contributed by atoms with van der Waals surface area (Å²) in [6, 6.07) is 13.9. The summed E-state index contributed by atoms with van der Waals surface area (Å²) in [5, 5.41) is 13.6. The molecule has 1 aliphatic heterocycles. The molecule has 0 saturated carbocycles. The molecule has 1 aromatic heterocycles. The van der Waals surface area contributed by atoms with Gasteiger partial charge in [-0.2, -0.15) is 0 Å². The van der Waals surface area contributed by atoms with E-state index in [9.17, 15) is 9.90 Å². The number of aliphatic carboxylic acids is 1.